The van der Waals surface area contributed by atoms with Crippen molar-refractivity contribution in [1.82, 2.24) is 4.90 Å². The fourth-order valence-corrected chi connectivity index (χ4v) is 3.73. The highest BCUT2D eigenvalue weighted by molar-refractivity contribution is 5.85. The lowest BCUT2D eigenvalue weighted by Crippen LogP contribution is -2.20. The molecular weight excluding hydrogens is 338 g/mol. The average Bonchev–Trinajstić information content (AvgIpc) is 3.17. The van der Waals surface area contributed by atoms with Gasteiger partial charge in [-0.05, 0) is 57.5 Å². The van der Waals surface area contributed by atoms with Crippen LogP contribution in [0.15, 0.2) is 57.9 Å². The lowest BCUT2D eigenvalue weighted by atomic mass is 10.0. The number of fused-ring (bicyclic) bond motifs is 1. The van der Waals surface area contributed by atoms with Crippen molar-refractivity contribution < 1.29 is 9.15 Å². The molecule has 0 spiro atoms. The van der Waals surface area contributed by atoms with Crippen LogP contribution in [0.4, 0.5) is 0 Å². The van der Waals surface area contributed by atoms with E-state index in [1.807, 2.05) is 56.3 Å². The van der Waals surface area contributed by atoms with Crippen LogP contribution in [0, 0.1) is 0 Å². The fraction of sp³-hybridized carbons (Fsp3) is 0.348. The zero-order chi connectivity index (χ0) is 18.8. The summed E-state index contributed by atoms with van der Waals surface area (Å²) in [7, 11) is 0. The summed E-state index contributed by atoms with van der Waals surface area (Å²) in [6.07, 6.45) is 4.09. The first kappa shape index (κ1) is 17.8. The molecule has 1 saturated heterocycles. The predicted octanol–water partition coefficient (Wildman–Crippen LogP) is 4.84. The second-order valence-corrected chi connectivity index (χ2v) is 7.41. The fourth-order valence-electron chi connectivity index (χ4n) is 3.73. The SMILES string of the molecule is CC(C)Oc1ccc2c(=O)c(-c3ccccc3)coc2c1CN1CCCC1. The molecule has 0 saturated carbocycles. The first-order valence-electron chi connectivity index (χ1n) is 9.65. The number of rotatable bonds is 5. The molecule has 3 aromatic rings. The van der Waals surface area contributed by atoms with Gasteiger partial charge in [-0.25, -0.2) is 0 Å². The molecule has 0 atom stereocenters. The standard InChI is InChI=1S/C23H25NO3/c1-16(2)27-21-11-10-18-22(25)20(17-8-4-3-5-9-17)15-26-23(18)19(21)14-24-12-6-7-13-24/h3-5,8-11,15-16H,6-7,12-14H2,1-2H3. The number of hydrogen-bond acceptors (Lipinski definition) is 4. The Balaban J connectivity index is 1.85. The zero-order valence-electron chi connectivity index (χ0n) is 15.9. The summed E-state index contributed by atoms with van der Waals surface area (Å²) in [5, 5.41) is 0.613. The molecule has 4 nitrogen and oxygen atoms in total. The van der Waals surface area contributed by atoms with Crippen LogP contribution in [-0.4, -0.2) is 24.1 Å². The number of nitrogens with zero attached hydrogens (tertiary/aromatic N) is 1. The summed E-state index contributed by atoms with van der Waals surface area (Å²) < 4.78 is 12.1. The van der Waals surface area contributed by atoms with Crippen LogP contribution in [0.5, 0.6) is 5.75 Å². The van der Waals surface area contributed by atoms with Crippen molar-refractivity contribution in [3.8, 4) is 16.9 Å². The first-order chi connectivity index (χ1) is 13.1. The summed E-state index contributed by atoms with van der Waals surface area (Å²) in [5.74, 6) is 0.806. The third kappa shape index (κ3) is 3.62. The van der Waals surface area contributed by atoms with Crippen molar-refractivity contribution in [3.63, 3.8) is 0 Å². The Morgan fingerprint density at radius 2 is 1.81 bits per heavy atom. The third-order valence-corrected chi connectivity index (χ3v) is 5.03. The van der Waals surface area contributed by atoms with Gasteiger partial charge in [-0.3, -0.25) is 9.69 Å². The van der Waals surface area contributed by atoms with Crippen LogP contribution in [0.3, 0.4) is 0 Å². The normalized spacial score (nSPS) is 14.9. The lowest BCUT2D eigenvalue weighted by molar-refractivity contribution is 0.234. The summed E-state index contributed by atoms with van der Waals surface area (Å²) in [6, 6.07) is 13.4. The molecule has 4 rings (SSSR count). The Hall–Kier alpha value is -2.59. The minimum absolute atomic E-state index is 0.00113. The number of ether oxygens (including phenoxy) is 1. The highest BCUT2D eigenvalue weighted by Crippen LogP contribution is 2.31. The Kier molecular flexibility index (Phi) is 4.99. The van der Waals surface area contributed by atoms with Gasteiger partial charge in [0.05, 0.1) is 22.6 Å². The minimum Gasteiger partial charge on any atom is -0.491 e. The van der Waals surface area contributed by atoms with E-state index in [-0.39, 0.29) is 11.5 Å². The molecule has 1 aromatic heterocycles. The van der Waals surface area contributed by atoms with Crippen molar-refractivity contribution in [2.24, 2.45) is 0 Å². The van der Waals surface area contributed by atoms with Crippen LogP contribution in [-0.2, 0) is 6.54 Å². The Bertz CT molecular complexity index is 986. The van der Waals surface area contributed by atoms with Gasteiger partial charge in [0.1, 0.15) is 17.6 Å². The molecular formula is C23H25NO3. The van der Waals surface area contributed by atoms with Crippen molar-refractivity contribution in [2.45, 2.75) is 39.3 Å². The van der Waals surface area contributed by atoms with Gasteiger partial charge in [0.2, 0.25) is 5.43 Å². The summed E-state index contributed by atoms with van der Waals surface area (Å²) in [4.78, 5) is 15.5. The van der Waals surface area contributed by atoms with E-state index in [4.69, 9.17) is 9.15 Å². The van der Waals surface area contributed by atoms with Crippen LogP contribution in [0.25, 0.3) is 22.1 Å². The van der Waals surface area contributed by atoms with Gasteiger partial charge < -0.3 is 9.15 Å². The van der Waals surface area contributed by atoms with E-state index in [1.54, 1.807) is 6.26 Å². The summed E-state index contributed by atoms with van der Waals surface area (Å²) >= 11 is 0. The van der Waals surface area contributed by atoms with Gasteiger partial charge in [-0.1, -0.05) is 30.3 Å². The Labute approximate surface area is 159 Å². The van der Waals surface area contributed by atoms with Crippen LogP contribution < -0.4 is 10.2 Å². The molecule has 2 aromatic carbocycles. The lowest BCUT2D eigenvalue weighted by Gasteiger charge is -2.20. The molecule has 1 aliphatic heterocycles. The van der Waals surface area contributed by atoms with Crippen molar-refractivity contribution in [1.29, 1.82) is 0 Å². The minimum atomic E-state index is 0.00113. The first-order valence-corrected chi connectivity index (χ1v) is 9.65. The second kappa shape index (κ2) is 7.57. The molecule has 140 valence electrons. The van der Waals surface area contributed by atoms with Gasteiger partial charge in [-0.15, -0.1) is 0 Å². The van der Waals surface area contributed by atoms with E-state index >= 15 is 0 Å². The smallest absolute Gasteiger partial charge is 0.200 e. The van der Waals surface area contributed by atoms with Crippen LogP contribution >= 0.6 is 0 Å². The number of benzene rings is 2. The van der Waals surface area contributed by atoms with Crippen LogP contribution in [0.2, 0.25) is 0 Å². The van der Waals surface area contributed by atoms with Crippen LogP contribution in [0.1, 0.15) is 32.3 Å². The molecule has 27 heavy (non-hydrogen) atoms. The number of hydrogen-bond donors (Lipinski definition) is 0. The Morgan fingerprint density at radius 3 is 2.52 bits per heavy atom. The molecule has 0 amide bonds. The van der Waals surface area contributed by atoms with Crippen molar-refractivity contribution in [2.75, 3.05) is 13.1 Å². The maximum Gasteiger partial charge on any atom is 0.200 e. The van der Waals surface area contributed by atoms with E-state index in [1.165, 1.54) is 12.8 Å². The summed E-state index contributed by atoms with van der Waals surface area (Å²) in [5.41, 5.74) is 3.08. The highest BCUT2D eigenvalue weighted by atomic mass is 16.5. The van der Waals surface area contributed by atoms with Gasteiger partial charge in [0.25, 0.3) is 0 Å². The predicted molar refractivity (Wildman–Crippen MR) is 108 cm³/mol. The molecule has 1 aliphatic rings. The largest absolute Gasteiger partial charge is 0.491 e. The van der Waals surface area contributed by atoms with E-state index in [9.17, 15) is 4.79 Å². The van der Waals surface area contributed by atoms with Gasteiger partial charge >= 0.3 is 0 Å². The zero-order valence-corrected chi connectivity index (χ0v) is 15.9. The number of likely N-dealkylation sites (tertiary alicyclic amines) is 1. The van der Waals surface area contributed by atoms with E-state index in [0.29, 0.717) is 16.5 Å². The quantitative estimate of drug-likeness (QED) is 0.650. The summed E-state index contributed by atoms with van der Waals surface area (Å²) in [6.45, 7) is 6.91. The maximum absolute atomic E-state index is 13.1. The molecule has 4 heteroatoms. The third-order valence-electron chi connectivity index (χ3n) is 5.03. The van der Waals surface area contributed by atoms with E-state index < -0.39 is 0 Å². The highest BCUT2D eigenvalue weighted by Gasteiger charge is 2.20. The van der Waals surface area contributed by atoms with E-state index in [2.05, 4.69) is 4.90 Å². The molecule has 0 aliphatic carbocycles. The van der Waals surface area contributed by atoms with Gasteiger partial charge in [0.15, 0.2) is 0 Å². The molecule has 2 heterocycles. The van der Waals surface area contributed by atoms with Gasteiger partial charge in [0, 0.05) is 6.54 Å². The second-order valence-electron chi connectivity index (χ2n) is 7.41. The average molecular weight is 363 g/mol. The molecule has 0 unspecified atom stereocenters. The Morgan fingerprint density at radius 1 is 1.07 bits per heavy atom. The molecule has 0 bridgehead atoms. The topological polar surface area (TPSA) is 42.7 Å². The molecule has 0 radical (unpaired) electrons. The van der Waals surface area contributed by atoms with Gasteiger partial charge in [-0.2, -0.15) is 0 Å². The molecule has 0 N–H and O–H groups in total. The monoisotopic (exact) mass is 363 g/mol. The van der Waals surface area contributed by atoms with Crippen molar-refractivity contribution in [3.05, 3.63) is 64.5 Å². The van der Waals surface area contributed by atoms with E-state index in [0.717, 1.165) is 36.5 Å². The molecule has 1 fully saturated rings. The van der Waals surface area contributed by atoms with Crippen molar-refractivity contribution >= 4 is 11.0 Å². The maximum atomic E-state index is 13.1.